The van der Waals surface area contributed by atoms with Crippen molar-refractivity contribution in [3.8, 4) is 0 Å². The molecule has 0 radical (unpaired) electrons. The molecule has 1 saturated heterocycles. The van der Waals surface area contributed by atoms with Gasteiger partial charge in [-0.1, -0.05) is 25.0 Å². The van der Waals surface area contributed by atoms with Gasteiger partial charge in [-0.25, -0.2) is 4.39 Å². The molecule has 1 fully saturated rings. The molecule has 3 nitrogen and oxygen atoms in total. The Hall–Kier alpha value is -2.10. The van der Waals surface area contributed by atoms with Gasteiger partial charge in [0, 0.05) is 25.5 Å². The molecule has 1 amide bonds. The van der Waals surface area contributed by atoms with Crippen molar-refractivity contribution in [2.45, 2.75) is 38.1 Å². The number of nitrogens with zero attached hydrogens (tertiary/aromatic N) is 2. The molecule has 1 aromatic heterocycles. The maximum Gasteiger partial charge on any atom is 0.225 e. The van der Waals surface area contributed by atoms with E-state index in [0.717, 1.165) is 31.5 Å². The number of amides is 1. The minimum atomic E-state index is -0.251. The first-order valence-electron chi connectivity index (χ1n) is 8.40. The largest absolute Gasteiger partial charge is 0.346 e. The number of carbonyl (C=O) groups is 1. The van der Waals surface area contributed by atoms with E-state index in [1.54, 1.807) is 12.1 Å². The van der Waals surface area contributed by atoms with Crippen LogP contribution < -0.4 is 0 Å². The van der Waals surface area contributed by atoms with Crippen molar-refractivity contribution in [1.82, 2.24) is 9.47 Å². The summed E-state index contributed by atoms with van der Waals surface area (Å²) in [6.45, 7) is 1.72. The van der Waals surface area contributed by atoms with E-state index < -0.39 is 0 Å². The number of hydrogen-bond acceptors (Lipinski definition) is 1. The molecule has 0 N–H and O–H groups in total. The van der Waals surface area contributed by atoms with Crippen LogP contribution in [0.3, 0.4) is 0 Å². The van der Waals surface area contributed by atoms with E-state index >= 15 is 0 Å². The van der Waals surface area contributed by atoms with Crippen LogP contribution in [-0.2, 0) is 4.79 Å². The van der Waals surface area contributed by atoms with Crippen molar-refractivity contribution in [1.29, 1.82) is 0 Å². The number of hydrogen-bond donors (Lipinski definition) is 0. The van der Waals surface area contributed by atoms with Crippen LogP contribution in [0.15, 0.2) is 48.8 Å². The third-order valence-electron chi connectivity index (χ3n) is 4.57. The fourth-order valence-corrected chi connectivity index (χ4v) is 3.25. The van der Waals surface area contributed by atoms with Crippen molar-refractivity contribution in [3.05, 3.63) is 60.2 Å². The Morgan fingerprint density at radius 2 is 1.61 bits per heavy atom. The standard InChI is InChI=1S/C19H23FN2O/c20-17-9-7-16(8-10-17)18(21-11-5-6-12-21)15-19(23)22-13-3-1-2-4-14-22/h5-12,18H,1-4,13-15H2. The quantitative estimate of drug-likeness (QED) is 0.837. The monoisotopic (exact) mass is 314 g/mol. The second kappa shape index (κ2) is 7.44. The van der Waals surface area contributed by atoms with Crippen molar-refractivity contribution < 1.29 is 9.18 Å². The Labute approximate surface area is 136 Å². The van der Waals surface area contributed by atoms with Gasteiger partial charge in [-0.05, 0) is 42.7 Å². The number of benzene rings is 1. The van der Waals surface area contributed by atoms with E-state index in [1.807, 2.05) is 34.0 Å². The first kappa shape index (κ1) is 15.8. The lowest BCUT2D eigenvalue weighted by Crippen LogP contribution is -2.33. The maximum atomic E-state index is 13.2. The Bertz CT molecular complexity index is 613. The second-order valence-corrected chi connectivity index (χ2v) is 6.20. The molecule has 2 heterocycles. The molecule has 1 aliphatic heterocycles. The van der Waals surface area contributed by atoms with Gasteiger partial charge in [0.15, 0.2) is 0 Å². The van der Waals surface area contributed by atoms with Crippen molar-refractivity contribution >= 4 is 5.91 Å². The minimum Gasteiger partial charge on any atom is -0.346 e. The van der Waals surface area contributed by atoms with Gasteiger partial charge >= 0.3 is 0 Å². The summed E-state index contributed by atoms with van der Waals surface area (Å²) in [4.78, 5) is 14.7. The average molecular weight is 314 g/mol. The summed E-state index contributed by atoms with van der Waals surface area (Å²) in [5.74, 6) is -0.0613. The first-order valence-corrected chi connectivity index (χ1v) is 8.40. The van der Waals surface area contributed by atoms with Crippen LogP contribution in [-0.4, -0.2) is 28.5 Å². The van der Waals surface area contributed by atoms with Crippen LogP contribution >= 0.6 is 0 Å². The van der Waals surface area contributed by atoms with E-state index in [9.17, 15) is 9.18 Å². The zero-order chi connectivity index (χ0) is 16.1. The van der Waals surface area contributed by atoms with Crippen molar-refractivity contribution in [2.24, 2.45) is 0 Å². The second-order valence-electron chi connectivity index (χ2n) is 6.20. The molecule has 1 aromatic carbocycles. The lowest BCUT2D eigenvalue weighted by Gasteiger charge is -2.25. The molecule has 0 saturated carbocycles. The Morgan fingerprint density at radius 1 is 1.00 bits per heavy atom. The normalized spacial score (nSPS) is 16.8. The fourth-order valence-electron chi connectivity index (χ4n) is 3.25. The van der Waals surface area contributed by atoms with Gasteiger partial charge in [0.2, 0.25) is 5.91 Å². The Balaban J connectivity index is 1.78. The molecule has 3 rings (SSSR count). The summed E-state index contributed by atoms with van der Waals surface area (Å²) in [7, 11) is 0. The molecule has 1 atom stereocenters. The van der Waals surface area contributed by atoms with Crippen LogP contribution in [0.25, 0.3) is 0 Å². The number of halogens is 1. The van der Waals surface area contributed by atoms with Crippen LogP contribution in [0.1, 0.15) is 43.7 Å². The third kappa shape index (κ3) is 4.01. The van der Waals surface area contributed by atoms with Crippen molar-refractivity contribution in [3.63, 3.8) is 0 Å². The predicted octanol–water partition coefficient (Wildman–Crippen LogP) is 4.01. The summed E-state index contributed by atoms with van der Waals surface area (Å²) in [5, 5.41) is 0. The molecule has 0 aliphatic carbocycles. The molecule has 4 heteroatoms. The summed E-state index contributed by atoms with van der Waals surface area (Å²) >= 11 is 0. The van der Waals surface area contributed by atoms with Crippen LogP contribution in [0.2, 0.25) is 0 Å². The average Bonchev–Trinajstić information content (AvgIpc) is 2.95. The third-order valence-corrected chi connectivity index (χ3v) is 4.57. The molecule has 0 bridgehead atoms. The molecule has 23 heavy (non-hydrogen) atoms. The summed E-state index contributed by atoms with van der Waals surface area (Å²) in [6.07, 6.45) is 8.95. The number of likely N-dealkylation sites (tertiary alicyclic amines) is 1. The van der Waals surface area contributed by atoms with Gasteiger partial charge < -0.3 is 9.47 Å². The van der Waals surface area contributed by atoms with Gasteiger partial charge in [0.1, 0.15) is 5.82 Å². The summed E-state index contributed by atoms with van der Waals surface area (Å²) < 4.78 is 15.2. The van der Waals surface area contributed by atoms with Gasteiger partial charge in [0.05, 0.1) is 12.5 Å². The fraction of sp³-hybridized carbons (Fsp3) is 0.421. The van der Waals surface area contributed by atoms with E-state index in [1.165, 1.54) is 25.0 Å². The molecule has 122 valence electrons. The Morgan fingerprint density at radius 3 is 2.22 bits per heavy atom. The highest BCUT2D eigenvalue weighted by molar-refractivity contribution is 5.77. The van der Waals surface area contributed by atoms with E-state index in [2.05, 4.69) is 0 Å². The van der Waals surface area contributed by atoms with Gasteiger partial charge in [0.25, 0.3) is 0 Å². The van der Waals surface area contributed by atoms with Crippen LogP contribution in [0.4, 0.5) is 4.39 Å². The highest BCUT2D eigenvalue weighted by Crippen LogP contribution is 2.24. The summed E-state index contributed by atoms with van der Waals surface area (Å²) in [5.41, 5.74) is 0.964. The minimum absolute atomic E-state index is 0.0821. The lowest BCUT2D eigenvalue weighted by molar-refractivity contribution is -0.131. The number of rotatable bonds is 4. The molecule has 0 spiro atoms. The number of carbonyl (C=O) groups excluding carboxylic acids is 1. The van der Waals surface area contributed by atoms with Gasteiger partial charge in [-0.2, -0.15) is 0 Å². The molecule has 1 aliphatic rings. The highest BCUT2D eigenvalue weighted by atomic mass is 19.1. The predicted molar refractivity (Wildman–Crippen MR) is 88.6 cm³/mol. The molecule has 1 unspecified atom stereocenters. The van der Waals surface area contributed by atoms with Gasteiger partial charge in [-0.3, -0.25) is 4.79 Å². The first-order chi connectivity index (χ1) is 11.2. The number of aromatic nitrogens is 1. The van der Waals surface area contributed by atoms with Gasteiger partial charge in [-0.15, -0.1) is 0 Å². The highest BCUT2D eigenvalue weighted by Gasteiger charge is 2.22. The van der Waals surface area contributed by atoms with E-state index in [4.69, 9.17) is 0 Å². The topological polar surface area (TPSA) is 25.2 Å². The SMILES string of the molecule is O=C(CC(c1ccc(F)cc1)n1cccc1)N1CCCCCC1. The lowest BCUT2D eigenvalue weighted by atomic mass is 10.0. The molecular weight excluding hydrogens is 291 g/mol. The maximum absolute atomic E-state index is 13.2. The summed E-state index contributed by atoms with van der Waals surface area (Å²) in [6, 6.07) is 10.3. The van der Waals surface area contributed by atoms with Crippen molar-refractivity contribution in [2.75, 3.05) is 13.1 Å². The zero-order valence-electron chi connectivity index (χ0n) is 13.3. The van der Waals surface area contributed by atoms with E-state index in [0.29, 0.717) is 6.42 Å². The smallest absolute Gasteiger partial charge is 0.225 e. The zero-order valence-corrected chi connectivity index (χ0v) is 13.3. The molecule has 2 aromatic rings. The molecular formula is C19H23FN2O. The Kier molecular flexibility index (Phi) is 5.11. The van der Waals surface area contributed by atoms with E-state index in [-0.39, 0.29) is 17.8 Å². The van der Waals surface area contributed by atoms with Crippen LogP contribution in [0.5, 0.6) is 0 Å². The van der Waals surface area contributed by atoms with Crippen LogP contribution in [0, 0.1) is 5.82 Å².